The fourth-order valence-electron chi connectivity index (χ4n) is 3.89. The van der Waals surface area contributed by atoms with Crippen molar-refractivity contribution in [3.8, 4) is 0 Å². The molecule has 1 atom stereocenters. The molecular formula is C30H23BrO2. The van der Waals surface area contributed by atoms with Gasteiger partial charge >= 0.3 is 0 Å². The second kappa shape index (κ2) is 10.8. The Hall–Kier alpha value is -3.56. The highest BCUT2D eigenvalue weighted by molar-refractivity contribution is 9.10. The van der Waals surface area contributed by atoms with Crippen LogP contribution in [0.25, 0.3) is 6.08 Å². The molecule has 1 unspecified atom stereocenters. The Morgan fingerprint density at radius 2 is 1.06 bits per heavy atom. The normalized spacial score (nSPS) is 12.1. The van der Waals surface area contributed by atoms with Gasteiger partial charge in [-0.3, -0.25) is 9.59 Å². The molecule has 0 bridgehead atoms. The van der Waals surface area contributed by atoms with Gasteiger partial charge in [0, 0.05) is 21.5 Å². The lowest BCUT2D eigenvalue weighted by atomic mass is 9.76. The SMILES string of the molecule is O=C(c1ccccc1)C(C(=O)c1ccccc1)C(/C=C/c1ccccc1)c1ccc(Br)cc1. The number of carbonyl (C=O) groups excluding carboxylic acids is 2. The van der Waals surface area contributed by atoms with Crippen LogP contribution in [0.3, 0.4) is 0 Å². The zero-order valence-electron chi connectivity index (χ0n) is 18.0. The van der Waals surface area contributed by atoms with Crippen molar-refractivity contribution >= 4 is 33.6 Å². The van der Waals surface area contributed by atoms with Crippen molar-refractivity contribution in [3.05, 3.63) is 148 Å². The molecule has 0 spiro atoms. The van der Waals surface area contributed by atoms with Gasteiger partial charge in [-0.15, -0.1) is 0 Å². The first kappa shape index (κ1) is 22.6. The average molecular weight is 495 g/mol. The zero-order valence-corrected chi connectivity index (χ0v) is 19.6. The first-order chi connectivity index (χ1) is 16.1. The predicted octanol–water partition coefficient (Wildman–Crippen LogP) is 7.63. The minimum atomic E-state index is -0.893. The van der Waals surface area contributed by atoms with Crippen LogP contribution in [-0.2, 0) is 0 Å². The van der Waals surface area contributed by atoms with E-state index in [1.807, 2.05) is 103 Å². The lowest BCUT2D eigenvalue weighted by molar-refractivity contribution is 0.0795. The van der Waals surface area contributed by atoms with Crippen molar-refractivity contribution in [1.82, 2.24) is 0 Å². The zero-order chi connectivity index (χ0) is 23.0. The van der Waals surface area contributed by atoms with Crippen LogP contribution in [0.5, 0.6) is 0 Å². The number of benzene rings is 4. The Morgan fingerprint density at radius 3 is 1.55 bits per heavy atom. The van der Waals surface area contributed by atoms with Crippen molar-refractivity contribution < 1.29 is 9.59 Å². The Labute approximate surface area is 202 Å². The van der Waals surface area contributed by atoms with E-state index in [1.165, 1.54) is 0 Å². The molecule has 2 nitrogen and oxygen atoms in total. The second-order valence-electron chi connectivity index (χ2n) is 7.79. The summed E-state index contributed by atoms with van der Waals surface area (Å²) in [6, 6.07) is 35.8. The molecule has 0 aliphatic rings. The summed E-state index contributed by atoms with van der Waals surface area (Å²) < 4.78 is 0.942. The van der Waals surface area contributed by atoms with Crippen molar-refractivity contribution in [2.24, 2.45) is 5.92 Å². The van der Waals surface area contributed by atoms with E-state index in [2.05, 4.69) is 15.9 Å². The van der Waals surface area contributed by atoms with Gasteiger partial charge in [0.15, 0.2) is 11.6 Å². The topological polar surface area (TPSA) is 34.1 Å². The highest BCUT2D eigenvalue weighted by atomic mass is 79.9. The number of ketones is 2. The van der Waals surface area contributed by atoms with E-state index in [-0.39, 0.29) is 11.6 Å². The molecule has 4 aromatic carbocycles. The number of allylic oxidation sites excluding steroid dienone is 1. The summed E-state index contributed by atoms with van der Waals surface area (Å²) in [6.07, 6.45) is 3.96. The van der Waals surface area contributed by atoms with Crippen LogP contribution in [0, 0.1) is 5.92 Å². The minimum absolute atomic E-state index is 0.185. The van der Waals surface area contributed by atoms with E-state index in [9.17, 15) is 9.59 Å². The highest BCUT2D eigenvalue weighted by Gasteiger charge is 2.35. The third-order valence-electron chi connectivity index (χ3n) is 5.59. The van der Waals surface area contributed by atoms with Gasteiger partial charge in [0.05, 0.1) is 5.92 Å². The lowest BCUT2D eigenvalue weighted by Gasteiger charge is -2.24. The van der Waals surface area contributed by atoms with Gasteiger partial charge in [0.2, 0.25) is 0 Å². The molecule has 4 aromatic rings. The van der Waals surface area contributed by atoms with E-state index in [4.69, 9.17) is 0 Å². The monoisotopic (exact) mass is 494 g/mol. The van der Waals surface area contributed by atoms with Crippen LogP contribution in [0.4, 0.5) is 0 Å². The Kier molecular flexibility index (Phi) is 7.43. The molecule has 0 amide bonds. The van der Waals surface area contributed by atoms with E-state index < -0.39 is 11.8 Å². The van der Waals surface area contributed by atoms with E-state index >= 15 is 0 Å². The number of carbonyl (C=O) groups is 2. The molecule has 0 saturated heterocycles. The van der Waals surface area contributed by atoms with Gasteiger partial charge in [-0.25, -0.2) is 0 Å². The summed E-state index contributed by atoms with van der Waals surface area (Å²) in [5.74, 6) is -1.69. The van der Waals surface area contributed by atoms with Crippen molar-refractivity contribution in [3.63, 3.8) is 0 Å². The first-order valence-electron chi connectivity index (χ1n) is 10.8. The van der Waals surface area contributed by atoms with Crippen LogP contribution in [-0.4, -0.2) is 11.6 Å². The van der Waals surface area contributed by atoms with Crippen molar-refractivity contribution in [2.45, 2.75) is 5.92 Å². The summed E-state index contributed by atoms with van der Waals surface area (Å²) in [7, 11) is 0. The molecule has 0 fully saturated rings. The molecule has 0 heterocycles. The molecule has 4 rings (SSSR count). The summed E-state index contributed by atoms with van der Waals surface area (Å²) in [4.78, 5) is 27.6. The van der Waals surface area contributed by atoms with Crippen LogP contribution in [0.1, 0.15) is 37.8 Å². The fourth-order valence-corrected chi connectivity index (χ4v) is 4.15. The van der Waals surface area contributed by atoms with Gasteiger partial charge in [-0.05, 0) is 23.3 Å². The average Bonchev–Trinajstić information content (AvgIpc) is 2.88. The molecule has 33 heavy (non-hydrogen) atoms. The highest BCUT2D eigenvalue weighted by Crippen LogP contribution is 2.33. The van der Waals surface area contributed by atoms with Crippen molar-refractivity contribution in [1.29, 1.82) is 0 Å². The molecular weight excluding hydrogens is 472 g/mol. The van der Waals surface area contributed by atoms with Crippen LogP contribution in [0.2, 0.25) is 0 Å². The van der Waals surface area contributed by atoms with Gasteiger partial charge < -0.3 is 0 Å². The summed E-state index contributed by atoms with van der Waals surface area (Å²) >= 11 is 3.49. The fraction of sp³-hybridized carbons (Fsp3) is 0.0667. The maximum Gasteiger partial charge on any atom is 0.174 e. The first-order valence-corrected chi connectivity index (χ1v) is 11.6. The standard InChI is InChI=1S/C30H23BrO2/c31-26-19-17-23(18-20-26)27(21-16-22-10-4-1-5-11-22)28(29(32)24-12-6-2-7-13-24)30(33)25-14-8-3-9-15-25/h1-21,27-28H/b21-16+. The summed E-state index contributed by atoms with van der Waals surface area (Å²) in [6.45, 7) is 0. The quantitative estimate of drug-likeness (QED) is 0.186. The third-order valence-corrected chi connectivity index (χ3v) is 6.12. The maximum atomic E-state index is 13.8. The maximum absolute atomic E-state index is 13.8. The largest absolute Gasteiger partial charge is 0.293 e. The van der Waals surface area contributed by atoms with Crippen LogP contribution >= 0.6 is 15.9 Å². The molecule has 0 radical (unpaired) electrons. The minimum Gasteiger partial charge on any atom is -0.293 e. The third kappa shape index (κ3) is 5.63. The van der Waals surface area contributed by atoms with Crippen molar-refractivity contribution in [2.75, 3.05) is 0 Å². The van der Waals surface area contributed by atoms with Gasteiger partial charge in [-0.2, -0.15) is 0 Å². The van der Waals surface area contributed by atoms with E-state index in [0.29, 0.717) is 11.1 Å². The molecule has 0 N–H and O–H groups in total. The van der Waals surface area contributed by atoms with E-state index in [0.717, 1.165) is 15.6 Å². The number of halogens is 1. The molecule has 0 aliphatic heterocycles. The number of hydrogen-bond acceptors (Lipinski definition) is 2. The van der Waals surface area contributed by atoms with Gasteiger partial charge in [-0.1, -0.05) is 131 Å². The van der Waals surface area contributed by atoms with Crippen LogP contribution < -0.4 is 0 Å². The predicted molar refractivity (Wildman–Crippen MR) is 137 cm³/mol. The Bertz CT molecular complexity index is 1180. The summed E-state index contributed by atoms with van der Waals surface area (Å²) in [5, 5.41) is 0. The smallest absolute Gasteiger partial charge is 0.174 e. The molecule has 0 aliphatic carbocycles. The number of rotatable bonds is 8. The van der Waals surface area contributed by atoms with Gasteiger partial charge in [0.25, 0.3) is 0 Å². The Balaban J connectivity index is 1.84. The number of Topliss-reactive ketones (excluding diaryl/α,β-unsaturated/α-hetero) is 2. The number of hydrogen-bond donors (Lipinski definition) is 0. The van der Waals surface area contributed by atoms with Gasteiger partial charge in [0.1, 0.15) is 0 Å². The molecule has 0 saturated carbocycles. The van der Waals surface area contributed by atoms with Crippen LogP contribution in [0.15, 0.2) is 126 Å². The van der Waals surface area contributed by atoms with E-state index in [1.54, 1.807) is 24.3 Å². The molecule has 162 valence electrons. The summed E-state index contributed by atoms with van der Waals surface area (Å²) in [5.41, 5.74) is 2.98. The second-order valence-corrected chi connectivity index (χ2v) is 8.70. The lowest BCUT2D eigenvalue weighted by Crippen LogP contribution is -2.30. The molecule has 3 heteroatoms. The Morgan fingerprint density at radius 1 is 0.606 bits per heavy atom. The molecule has 0 aromatic heterocycles.